The van der Waals surface area contributed by atoms with Gasteiger partial charge < -0.3 is 10.6 Å². The molecule has 0 aliphatic carbocycles. The van der Waals surface area contributed by atoms with Gasteiger partial charge in [0.1, 0.15) is 0 Å². The Labute approximate surface area is 69.8 Å². The molecule has 11 heavy (non-hydrogen) atoms. The lowest BCUT2D eigenvalue weighted by atomic mass is 10.1. The summed E-state index contributed by atoms with van der Waals surface area (Å²) >= 11 is 0. The molecule has 1 saturated heterocycles. The summed E-state index contributed by atoms with van der Waals surface area (Å²) in [5.41, 5.74) is 5.75. The number of nitrogens with two attached hydrogens (primary N) is 1. The highest BCUT2D eigenvalue weighted by Gasteiger charge is 2.27. The van der Waals surface area contributed by atoms with E-state index in [4.69, 9.17) is 5.73 Å². The Balaban J connectivity index is 2.36. The molecule has 0 aromatic rings. The van der Waals surface area contributed by atoms with E-state index in [0.29, 0.717) is 6.04 Å². The predicted molar refractivity (Wildman–Crippen MR) is 48.5 cm³/mol. The summed E-state index contributed by atoms with van der Waals surface area (Å²) in [5.74, 6) is 0. The number of hydrogen-bond donors (Lipinski definition) is 1. The first-order valence-corrected chi connectivity index (χ1v) is 4.58. The first-order valence-electron chi connectivity index (χ1n) is 4.58. The maximum atomic E-state index is 5.75. The number of likely N-dealkylation sites (tertiary alicyclic amines) is 1. The molecule has 2 nitrogen and oxygen atoms in total. The third-order valence-corrected chi connectivity index (χ3v) is 2.83. The van der Waals surface area contributed by atoms with Crippen LogP contribution in [0.5, 0.6) is 0 Å². The van der Waals surface area contributed by atoms with Crippen molar-refractivity contribution in [2.24, 2.45) is 5.73 Å². The van der Waals surface area contributed by atoms with Crippen LogP contribution in [0.15, 0.2) is 0 Å². The third kappa shape index (κ3) is 2.17. The predicted octanol–water partition coefficient (Wildman–Crippen LogP) is 1.21. The average Bonchev–Trinajstić information content (AvgIpc) is 2.18. The van der Waals surface area contributed by atoms with Crippen LogP contribution in [0, 0.1) is 0 Å². The van der Waals surface area contributed by atoms with Crippen molar-refractivity contribution in [1.82, 2.24) is 4.90 Å². The second kappa shape index (κ2) is 3.55. The Morgan fingerprint density at radius 3 is 2.55 bits per heavy atom. The summed E-state index contributed by atoms with van der Waals surface area (Å²) in [7, 11) is 2.21. The molecule has 0 radical (unpaired) electrons. The molecule has 0 amide bonds. The van der Waals surface area contributed by atoms with Crippen LogP contribution in [0.2, 0.25) is 0 Å². The molecule has 2 heteroatoms. The minimum atomic E-state index is 0.354. The quantitative estimate of drug-likeness (QED) is 0.651. The molecule has 1 rings (SSSR count). The molecule has 0 spiro atoms. The largest absolute Gasteiger partial charge is 0.328 e. The van der Waals surface area contributed by atoms with Crippen LogP contribution >= 0.6 is 0 Å². The van der Waals surface area contributed by atoms with Crippen molar-refractivity contribution in [3.8, 4) is 0 Å². The standard InChI is InChI=1S/C9H20N2/c1-7(10)6-9-5-4-8(2)11(9)3/h7-9H,4-6,10H2,1-3H3. The van der Waals surface area contributed by atoms with Crippen molar-refractivity contribution in [1.29, 1.82) is 0 Å². The first kappa shape index (κ1) is 9.01. The molecule has 0 aromatic heterocycles. The summed E-state index contributed by atoms with van der Waals surface area (Å²) in [6.45, 7) is 4.39. The lowest BCUT2D eigenvalue weighted by Crippen LogP contribution is -2.34. The van der Waals surface area contributed by atoms with E-state index in [9.17, 15) is 0 Å². The SMILES string of the molecule is CC(N)CC1CCC(C)N1C. The highest BCUT2D eigenvalue weighted by molar-refractivity contribution is 4.84. The number of rotatable bonds is 2. The fraction of sp³-hybridized carbons (Fsp3) is 1.00. The van der Waals surface area contributed by atoms with E-state index in [1.165, 1.54) is 12.8 Å². The summed E-state index contributed by atoms with van der Waals surface area (Å²) in [5, 5.41) is 0. The Bertz CT molecular complexity index is 123. The Morgan fingerprint density at radius 1 is 1.55 bits per heavy atom. The molecule has 0 aromatic carbocycles. The van der Waals surface area contributed by atoms with Gasteiger partial charge in [-0.3, -0.25) is 0 Å². The molecule has 3 unspecified atom stereocenters. The second-order valence-corrected chi connectivity index (χ2v) is 3.96. The maximum absolute atomic E-state index is 5.75. The van der Waals surface area contributed by atoms with Crippen LogP contribution < -0.4 is 5.73 Å². The van der Waals surface area contributed by atoms with Crippen molar-refractivity contribution in [2.75, 3.05) is 7.05 Å². The number of nitrogens with zero attached hydrogens (tertiary/aromatic N) is 1. The van der Waals surface area contributed by atoms with Crippen molar-refractivity contribution in [3.05, 3.63) is 0 Å². The summed E-state index contributed by atoms with van der Waals surface area (Å²) in [6, 6.07) is 1.86. The van der Waals surface area contributed by atoms with Crippen molar-refractivity contribution >= 4 is 0 Å². The van der Waals surface area contributed by atoms with Gasteiger partial charge in [0.05, 0.1) is 0 Å². The summed E-state index contributed by atoms with van der Waals surface area (Å²) < 4.78 is 0. The molecule has 2 N–H and O–H groups in total. The van der Waals surface area contributed by atoms with Gasteiger partial charge in [-0.15, -0.1) is 0 Å². The normalized spacial score (nSPS) is 36.0. The van der Waals surface area contributed by atoms with Gasteiger partial charge in [0, 0.05) is 18.1 Å². The van der Waals surface area contributed by atoms with Gasteiger partial charge in [-0.2, -0.15) is 0 Å². The molecule has 66 valence electrons. The van der Waals surface area contributed by atoms with Gasteiger partial charge in [0.15, 0.2) is 0 Å². The van der Waals surface area contributed by atoms with Crippen molar-refractivity contribution in [3.63, 3.8) is 0 Å². The zero-order chi connectivity index (χ0) is 8.43. The van der Waals surface area contributed by atoms with E-state index in [-0.39, 0.29) is 0 Å². The zero-order valence-electron chi connectivity index (χ0n) is 7.88. The molecule has 0 bridgehead atoms. The van der Waals surface area contributed by atoms with Gasteiger partial charge in [0.2, 0.25) is 0 Å². The maximum Gasteiger partial charge on any atom is 0.0110 e. The third-order valence-electron chi connectivity index (χ3n) is 2.83. The second-order valence-electron chi connectivity index (χ2n) is 3.96. The van der Waals surface area contributed by atoms with Crippen LogP contribution in [0.1, 0.15) is 33.1 Å². The smallest absolute Gasteiger partial charge is 0.0110 e. The highest BCUT2D eigenvalue weighted by atomic mass is 15.2. The van der Waals surface area contributed by atoms with Gasteiger partial charge in [0.25, 0.3) is 0 Å². The zero-order valence-corrected chi connectivity index (χ0v) is 7.88. The van der Waals surface area contributed by atoms with Crippen LogP contribution in [0.4, 0.5) is 0 Å². The molecule has 0 saturated carbocycles. The molecule has 1 heterocycles. The Morgan fingerprint density at radius 2 is 2.18 bits per heavy atom. The molecule has 1 aliphatic heterocycles. The molecular weight excluding hydrogens is 136 g/mol. The fourth-order valence-corrected chi connectivity index (χ4v) is 1.91. The van der Waals surface area contributed by atoms with E-state index in [1.807, 2.05) is 0 Å². The van der Waals surface area contributed by atoms with E-state index in [0.717, 1.165) is 18.5 Å². The highest BCUT2D eigenvalue weighted by Crippen LogP contribution is 2.24. The van der Waals surface area contributed by atoms with Crippen molar-refractivity contribution in [2.45, 2.75) is 51.2 Å². The lowest BCUT2D eigenvalue weighted by Gasteiger charge is -2.24. The Hall–Kier alpha value is -0.0800. The van der Waals surface area contributed by atoms with Crippen molar-refractivity contribution < 1.29 is 0 Å². The van der Waals surface area contributed by atoms with Crippen LogP contribution in [0.25, 0.3) is 0 Å². The molecule has 1 fully saturated rings. The van der Waals surface area contributed by atoms with E-state index in [1.54, 1.807) is 0 Å². The van der Waals surface area contributed by atoms with Crippen LogP contribution in [-0.2, 0) is 0 Å². The summed E-state index contributed by atoms with van der Waals surface area (Å²) in [6.07, 6.45) is 3.83. The molecule has 1 aliphatic rings. The number of hydrogen-bond acceptors (Lipinski definition) is 2. The van der Waals surface area contributed by atoms with Crippen LogP contribution in [-0.4, -0.2) is 30.1 Å². The van der Waals surface area contributed by atoms with Gasteiger partial charge in [-0.05, 0) is 40.2 Å². The molecular formula is C9H20N2. The van der Waals surface area contributed by atoms with Gasteiger partial charge >= 0.3 is 0 Å². The first-order chi connectivity index (χ1) is 5.11. The molecule has 3 atom stereocenters. The van der Waals surface area contributed by atoms with Gasteiger partial charge in [-0.25, -0.2) is 0 Å². The van der Waals surface area contributed by atoms with E-state index >= 15 is 0 Å². The minimum Gasteiger partial charge on any atom is -0.328 e. The van der Waals surface area contributed by atoms with E-state index in [2.05, 4.69) is 25.8 Å². The van der Waals surface area contributed by atoms with Gasteiger partial charge in [-0.1, -0.05) is 0 Å². The van der Waals surface area contributed by atoms with Crippen LogP contribution in [0.3, 0.4) is 0 Å². The topological polar surface area (TPSA) is 29.3 Å². The summed E-state index contributed by atoms with van der Waals surface area (Å²) in [4.78, 5) is 2.46. The average molecular weight is 156 g/mol. The monoisotopic (exact) mass is 156 g/mol. The Kier molecular flexibility index (Phi) is 2.90. The van der Waals surface area contributed by atoms with E-state index < -0.39 is 0 Å². The lowest BCUT2D eigenvalue weighted by molar-refractivity contribution is 0.236. The minimum absolute atomic E-state index is 0.354. The fourth-order valence-electron chi connectivity index (χ4n) is 1.91.